The van der Waals surface area contributed by atoms with Gasteiger partial charge in [-0.3, -0.25) is 9.59 Å². The summed E-state index contributed by atoms with van der Waals surface area (Å²) in [7, 11) is 0. The van der Waals surface area contributed by atoms with Crippen LogP contribution in [0.2, 0.25) is 0 Å². The largest absolute Gasteiger partial charge is 0.454 e. The third-order valence-corrected chi connectivity index (χ3v) is 15.0. The third-order valence-electron chi connectivity index (χ3n) is 15.0. The van der Waals surface area contributed by atoms with Crippen LogP contribution < -0.4 is 5.32 Å². The molecule has 0 aromatic rings. The number of aliphatic hydroxyl groups excluding tert-OH is 5. The Morgan fingerprint density at radius 2 is 0.935 bits per heavy atom. The number of hydrogen-bond acceptors (Lipinski definition) is 10. The first-order valence-corrected chi connectivity index (χ1v) is 32.1. The summed E-state index contributed by atoms with van der Waals surface area (Å²) in [6.07, 6.45) is 57.2. The van der Waals surface area contributed by atoms with Gasteiger partial charge in [-0.15, -0.1) is 0 Å². The van der Waals surface area contributed by atoms with Crippen molar-refractivity contribution in [2.45, 2.75) is 333 Å². The average molecular weight is 1090 g/mol. The number of amides is 1. The second-order valence-corrected chi connectivity index (χ2v) is 22.2. The molecule has 0 saturated carbocycles. The van der Waals surface area contributed by atoms with Crippen LogP contribution in [0.3, 0.4) is 0 Å². The Morgan fingerprint density at radius 1 is 0.519 bits per heavy atom. The van der Waals surface area contributed by atoms with E-state index in [0.29, 0.717) is 19.3 Å². The standard InChI is InChI=1S/C66H119NO10/c1-4-7-10-13-16-19-22-24-25-26-27-28-29-30-31-32-33-34-36-38-41-44-47-50-53-59(70)65(74)67-57(58(69)52-49-46-43-40-37-21-18-15-12-9-6-3)56-75-66-64(63(73)62(72)60(55-68)76-66)77-61(71)54-51-48-45-42-39-35-23-20-17-14-11-8-5-2/h8,11,14,17,20,23,35,39,49,52,57-60,62-64,66,68-70,72-73H,4-7,9-10,12-13,15-16,18-19,21-22,24-34,36-38,40-48,50-51,53-56H2,1-3H3,(H,67,74)/b11-8+,17-14+,23-20-,39-35-,52-49+. The lowest BCUT2D eigenvalue weighted by Crippen LogP contribution is -2.61. The van der Waals surface area contributed by atoms with Crippen LogP contribution in [-0.4, -0.2) is 99.6 Å². The van der Waals surface area contributed by atoms with Crippen LogP contribution >= 0.6 is 0 Å². The summed E-state index contributed by atoms with van der Waals surface area (Å²) in [5.74, 6) is -1.23. The minimum absolute atomic E-state index is 0.0772. The summed E-state index contributed by atoms with van der Waals surface area (Å²) < 4.78 is 17.6. The second-order valence-electron chi connectivity index (χ2n) is 22.2. The summed E-state index contributed by atoms with van der Waals surface area (Å²) in [6, 6.07) is -1.03. The lowest BCUT2D eigenvalue weighted by molar-refractivity contribution is -0.305. The molecule has 11 nitrogen and oxygen atoms in total. The van der Waals surface area contributed by atoms with Gasteiger partial charge in [-0.2, -0.15) is 0 Å². The normalized spacial score (nSPS) is 19.4. The van der Waals surface area contributed by atoms with E-state index in [9.17, 15) is 35.1 Å². The molecule has 8 atom stereocenters. The number of carbonyl (C=O) groups excluding carboxylic acids is 2. The molecule has 1 aliphatic heterocycles. The summed E-state index contributed by atoms with van der Waals surface area (Å²) in [5, 5.41) is 56.9. The molecule has 0 spiro atoms. The number of allylic oxidation sites excluding steroid dienone is 9. The lowest BCUT2D eigenvalue weighted by atomic mass is 9.99. The van der Waals surface area contributed by atoms with Gasteiger partial charge in [-0.05, 0) is 44.9 Å². The fourth-order valence-electron chi connectivity index (χ4n) is 9.96. The van der Waals surface area contributed by atoms with E-state index in [2.05, 4.69) is 38.2 Å². The molecule has 1 rings (SSSR count). The zero-order chi connectivity index (χ0) is 56.1. The Morgan fingerprint density at radius 3 is 1.40 bits per heavy atom. The first-order valence-electron chi connectivity index (χ1n) is 32.1. The third kappa shape index (κ3) is 42.0. The molecule has 6 N–H and O–H groups in total. The van der Waals surface area contributed by atoms with E-state index in [1.165, 1.54) is 173 Å². The lowest BCUT2D eigenvalue weighted by Gasteiger charge is -2.41. The number of unbranched alkanes of at least 4 members (excludes halogenated alkanes) is 35. The predicted octanol–water partition coefficient (Wildman–Crippen LogP) is 15.4. The molecule has 11 heteroatoms. The fourth-order valence-corrected chi connectivity index (χ4v) is 9.96. The molecular formula is C66H119NO10. The highest BCUT2D eigenvalue weighted by atomic mass is 16.7. The Balaban J connectivity index is 2.59. The molecule has 448 valence electrons. The SMILES string of the molecule is CC/C=C/C=C/C=C\C=C/CCCCCC(=O)OC1C(OCC(NC(=O)C(O)CCCCCCCCCCCCCCCCCCCCCCCCCC)C(O)/C=C/CCCCCCCCCCC)OC(CO)C(O)C1O. The monoisotopic (exact) mass is 1090 g/mol. The van der Waals surface area contributed by atoms with Crippen molar-refractivity contribution >= 4 is 11.9 Å². The molecule has 0 radical (unpaired) electrons. The molecule has 0 aromatic carbocycles. The zero-order valence-corrected chi connectivity index (χ0v) is 49.6. The van der Waals surface area contributed by atoms with Crippen molar-refractivity contribution in [1.82, 2.24) is 5.32 Å². The van der Waals surface area contributed by atoms with E-state index in [1.807, 2.05) is 42.5 Å². The highest BCUT2D eigenvalue weighted by Gasteiger charge is 2.47. The molecule has 1 heterocycles. The van der Waals surface area contributed by atoms with Crippen LogP contribution in [0.4, 0.5) is 0 Å². The van der Waals surface area contributed by atoms with Gasteiger partial charge < -0.3 is 45.1 Å². The van der Waals surface area contributed by atoms with Gasteiger partial charge in [0.1, 0.15) is 24.4 Å². The fraction of sp³-hybridized carbons (Fsp3) is 0.818. The average Bonchev–Trinajstić information content (AvgIpc) is 3.44. The number of aliphatic hydroxyl groups is 5. The van der Waals surface area contributed by atoms with Gasteiger partial charge >= 0.3 is 5.97 Å². The second kappa shape index (κ2) is 54.0. The molecular weight excluding hydrogens is 967 g/mol. The van der Waals surface area contributed by atoms with E-state index in [1.54, 1.807) is 6.08 Å². The van der Waals surface area contributed by atoms with Crippen LogP contribution in [0.5, 0.6) is 0 Å². The molecule has 0 aliphatic carbocycles. The topological polar surface area (TPSA) is 175 Å². The van der Waals surface area contributed by atoms with E-state index in [4.69, 9.17) is 14.2 Å². The van der Waals surface area contributed by atoms with Gasteiger partial charge in [0, 0.05) is 6.42 Å². The van der Waals surface area contributed by atoms with E-state index in [0.717, 1.165) is 64.2 Å². The Bertz CT molecular complexity index is 1480. The number of rotatable bonds is 54. The molecule has 1 aliphatic rings. The number of carbonyl (C=O) groups is 2. The van der Waals surface area contributed by atoms with Crippen LogP contribution in [0.15, 0.2) is 60.8 Å². The van der Waals surface area contributed by atoms with E-state index >= 15 is 0 Å². The van der Waals surface area contributed by atoms with E-state index in [-0.39, 0.29) is 13.0 Å². The first-order chi connectivity index (χ1) is 37.7. The van der Waals surface area contributed by atoms with E-state index < -0.39 is 67.4 Å². The van der Waals surface area contributed by atoms with Crippen LogP contribution in [0.25, 0.3) is 0 Å². The van der Waals surface area contributed by atoms with Crippen LogP contribution in [0.1, 0.15) is 284 Å². The minimum Gasteiger partial charge on any atom is -0.454 e. The van der Waals surface area contributed by atoms with Crippen molar-refractivity contribution in [1.29, 1.82) is 0 Å². The highest BCUT2D eigenvalue weighted by molar-refractivity contribution is 5.80. The van der Waals surface area contributed by atoms with Crippen molar-refractivity contribution in [3.05, 3.63) is 60.8 Å². The zero-order valence-electron chi connectivity index (χ0n) is 49.6. The summed E-state index contributed by atoms with van der Waals surface area (Å²) in [5.41, 5.74) is 0. The van der Waals surface area contributed by atoms with Crippen molar-refractivity contribution < 1.29 is 49.3 Å². The van der Waals surface area contributed by atoms with Crippen molar-refractivity contribution in [3.8, 4) is 0 Å². The number of esters is 1. The maximum atomic E-state index is 13.4. The number of nitrogens with one attached hydrogen (secondary N) is 1. The molecule has 0 bridgehead atoms. The van der Waals surface area contributed by atoms with Gasteiger partial charge in [0.2, 0.25) is 5.91 Å². The van der Waals surface area contributed by atoms with Gasteiger partial charge in [0.15, 0.2) is 12.4 Å². The summed E-state index contributed by atoms with van der Waals surface area (Å²) in [6.45, 7) is 5.63. The number of ether oxygens (including phenoxy) is 3. The Hall–Kier alpha value is -2.64. The van der Waals surface area contributed by atoms with Crippen LogP contribution in [0, 0.1) is 0 Å². The molecule has 1 fully saturated rings. The number of hydrogen-bond donors (Lipinski definition) is 6. The highest BCUT2D eigenvalue weighted by Crippen LogP contribution is 2.26. The molecule has 8 unspecified atom stereocenters. The van der Waals surface area contributed by atoms with Crippen molar-refractivity contribution in [2.24, 2.45) is 0 Å². The maximum Gasteiger partial charge on any atom is 0.306 e. The smallest absolute Gasteiger partial charge is 0.306 e. The molecule has 1 saturated heterocycles. The molecule has 1 amide bonds. The van der Waals surface area contributed by atoms with Gasteiger partial charge in [0.25, 0.3) is 0 Å². The Labute approximate surface area is 471 Å². The van der Waals surface area contributed by atoms with Crippen molar-refractivity contribution in [3.63, 3.8) is 0 Å². The Kier molecular flexibility index (Phi) is 50.7. The van der Waals surface area contributed by atoms with Crippen LogP contribution in [-0.2, 0) is 23.8 Å². The van der Waals surface area contributed by atoms with Gasteiger partial charge in [-0.1, -0.05) is 293 Å². The minimum atomic E-state index is -1.63. The molecule has 0 aromatic heterocycles. The van der Waals surface area contributed by atoms with Gasteiger partial charge in [-0.25, -0.2) is 0 Å². The van der Waals surface area contributed by atoms with Crippen molar-refractivity contribution in [2.75, 3.05) is 13.2 Å². The predicted molar refractivity (Wildman–Crippen MR) is 320 cm³/mol. The molecule has 77 heavy (non-hydrogen) atoms. The van der Waals surface area contributed by atoms with Gasteiger partial charge in [0.05, 0.1) is 25.4 Å². The summed E-state index contributed by atoms with van der Waals surface area (Å²) in [4.78, 5) is 26.5. The summed E-state index contributed by atoms with van der Waals surface area (Å²) >= 11 is 0. The quantitative estimate of drug-likeness (QED) is 0.0149. The first kappa shape index (κ1) is 72.4. The maximum absolute atomic E-state index is 13.4.